The molecule has 18 nitrogen and oxygen atoms in total. The minimum atomic E-state index is -5.84. The summed E-state index contributed by atoms with van der Waals surface area (Å²) in [7, 11) is -17.5. The molecule has 12 atom stereocenters. The van der Waals surface area contributed by atoms with Gasteiger partial charge in [0.05, 0.1) is 31.3 Å². The Morgan fingerprint density at radius 3 is 1.51 bits per heavy atom. The highest BCUT2D eigenvalue weighted by atomic mass is 31.3. The van der Waals surface area contributed by atoms with Crippen molar-refractivity contribution in [1.29, 1.82) is 0 Å². The summed E-state index contributed by atoms with van der Waals surface area (Å²) < 4.78 is 73.7. The van der Waals surface area contributed by atoms with Crippen molar-refractivity contribution in [2.75, 3.05) is 19.1 Å². The highest BCUT2D eigenvalue weighted by Crippen LogP contribution is 2.67. The lowest BCUT2D eigenvalue weighted by Crippen LogP contribution is -2.34. The molecule has 2 radical (unpaired) electrons. The molecule has 0 spiro atoms. The molecule has 0 aromatic rings. The van der Waals surface area contributed by atoms with Crippen LogP contribution in [0.1, 0.15) is 6.92 Å². The predicted molar refractivity (Wildman–Crippen MR) is 107 cm³/mol. The molecule has 12 unspecified atom stereocenters. The summed E-state index contributed by atoms with van der Waals surface area (Å²) in [5.74, 6) is -2.19. The Bertz CT molecular complexity index is 861. The van der Waals surface area contributed by atoms with Gasteiger partial charge in [0.15, 0.2) is 15.2 Å². The molecule has 35 heavy (non-hydrogen) atoms. The van der Waals surface area contributed by atoms with Crippen LogP contribution in [0.25, 0.3) is 0 Å². The SMILES string of the molecule is [B]C1OC(COP(=O)(O)OP(=O)([O-])CP(=O)([O-])OP(=O)(O)OCC2OC(C)C(O)C2O)C(O)C1O. The van der Waals surface area contributed by atoms with E-state index in [4.69, 9.17) is 17.3 Å². The first-order valence-electron chi connectivity index (χ1n) is 9.50. The molecule has 2 aliphatic rings. The average Bonchev–Trinajstić information content (AvgIpc) is 3.06. The molecule has 0 aromatic heterocycles. The number of rotatable bonds is 12. The molecule has 204 valence electrons. The van der Waals surface area contributed by atoms with Gasteiger partial charge < -0.3 is 58.6 Å². The minimum Gasteiger partial charge on any atom is -0.778 e. The molecule has 2 fully saturated rings. The highest BCUT2D eigenvalue weighted by molar-refractivity contribution is 7.75. The maximum Gasteiger partial charge on any atom is 0.477 e. The molecule has 2 rings (SSSR count). The molecule has 0 bridgehead atoms. The van der Waals surface area contributed by atoms with E-state index >= 15 is 0 Å². The molecule has 23 heteroatoms. The predicted octanol–water partition coefficient (Wildman–Crippen LogP) is -3.56. The minimum absolute atomic E-state index is 0.881. The van der Waals surface area contributed by atoms with Crippen LogP contribution in [-0.2, 0) is 45.4 Å². The van der Waals surface area contributed by atoms with Crippen LogP contribution in [-0.4, -0.2) is 106 Å². The molecule has 0 aliphatic carbocycles. The van der Waals surface area contributed by atoms with Gasteiger partial charge in [-0.05, 0) is 6.92 Å². The molecule has 6 N–H and O–H groups in total. The van der Waals surface area contributed by atoms with E-state index in [0.717, 1.165) is 0 Å². The van der Waals surface area contributed by atoms with Crippen molar-refractivity contribution in [3.05, 3.63) is 0 Å². The van der Waals surface area contributed by atoms with E-state index in [0.29, 0.717) is 0 Å². The fraction of sp³-hybridized carbons (Fsp3) is 1.00. The van der Waals surface area contributed by atoms with Gasteiger partial charge in [-0.3, -0.25) is 9.05 Å². The topological polar surface area (TPSA) is 291 Å². The lowest BCUT2D eigenvalue weighted by molar-refractivity contribution is -0.200. The third-order valence-corrected chi connectivity index (χ3v) is 12.0. The fourth-order valence-electron chi connectivity index (χ4n) is 2.95. The maximum absolute atomic E-state index is 11.9. The van der Waals surface area contributed by atoms with Crippen LogP contribution in [0.5, 0.6) is 0 Å². The van der Waals surface area contributed by atoms with Crippen molar-refractivity contribution in [1.82, 2.24) is 0 Å². The molecule has 0 saturated carbocycles. The second-order valence-electron chi connectivity index (χ2n) is 7.54. The fourth-order valence-corrected chi connectivity index (χ4v) is 9.55. The largest absolute Gasteiger partial charge is 0.778 e. The Morgan fingerprint density at radius 1 is 0.771 bits per heavy atom. The van der Waals surface area contributed by atoms with Gasteiger partial charge in [-0.15, -0.1) is 0 Å². The smallest absolute Gasteiger partial charge is 0.477 e. The van der Waals surface area contributed by atoms with Crippen molar-refractivity contribution >= 4 is 38.7 Å². The quantitative estimate of drug-likeness (QED) is 0.0947. The summed E-state index contributed by atoms with van der Waals surface area (Å²) in [5.41, 5.74) is 0. The van der Waals surface area contributed by atoms with Crippen LogP contribution in [0, 0.1) is 0 Å². The monoisotopic (exact) mass is 590 g/mol. The summed E-state index contributed by atoms with van der Waals surface area (Å²) in [6.45, 7) is -0.576. The van der Waals surface area contributed by atoms with Crippen LogP contribution >= 0.6 is 30.8 Å². The van der Waals surface area contributed by atoms with E-state index in [-0.39, 0.29) is 0 Å². The summed E-state index contributed by atoms with van der Waals surface area (Å²) in [6.07, 6.45) is -9.85. The summed E-state index contributed by atoms with van der Waals surface area (Å²) >= 11 is 0. The van der Waals surface area contributed by atoms with Crippen molar-refractivity contribution < 1.29 is 85.4 Å². The average molecular weight is 590 g/mol. The van der Waals surface area contributed by atoms with Gasteiger partial charge in [-0.2, -0.15) is 0 Å². The summed E-state index contributed by atoms with van der Waals surface area (Å²) in [4.78, 5) is 42.9. The molecular formula is C12H23BO18P4-2. The van der Waals surface area contributed by atoms with Gasteiger partial charge in [0.2, 0.25) is 0 Å². The van der Waals surface area contributed by atoms with E-state index < -0.39 is 98.7 Å². The number of phosphoric ester groups is 2. The van der Waals surface area contributed by atoms with Crippen LogP contribution < -0.4 is 9.79 Å². The first kappa shape index (κ1) is 31.6. The van der Waals surface area contributed by atoms with Crippen molar-refractivity contribution in [2.24, 2.45) is 0 Å². The number of aliphatic hydroxyl groups is 4. The normalized spacial score (nSPS) is 40.5. The second kappa shape index (κ2) is 11.7. The van der Waals surface area contributed by atoms with Crippen molar-refractivity contribution in [2.45, 2.75) is 55.7 Å². The number of ether oxygens (including phenoxy) is 2. The first-order valence-corrected chi connectivity index (χ1v) is 16.0. The van der Waals surface area contributed by atoms with Crippen LogP contribution in [0.15, 0.2) is 0 Å². The Kier molecular flexibility index (Phi) is 10.5. The zero-order valence-electron chi connectivity index (χ0n) is 17.7. The Labute approximate surface area is 199 Å². The van der Waals surface area contributed by atoms with Gasteiger partial charge in [0, 0.05) is 6.00 Å². The Hall–Kier alpha value is 0.425. The van der Waals surface area contributed by atoms with Gasteiger partial charge in [0.25, 0.3) is 0 Å². The number of hydrogen-bond acceptors (Lipinski definition) is 16. The van der Waals surface area contributed by atoms with E-state index in [2.05, 4.69) is 17.7 Å². The molecule has 2 aliphatic heterocycles. The molecular weight excluding hydrogens is 567 g/mol. The van der Waals surface area contributed by atoms with E-state index in [9.17, 15) is 58.3 Å². The standard InChI is InChI=1S/C12H25BO18P4/c1-5-8(14)9(15)6(28-5)2-26-34(22,23)30-32(18,19)4-33(20,21)31-35(24,25)27-3-7-10(16)11(17)12(13)29-7/h5-12,14-17H,2-4H2,1H3,(H,18,19)(H,20,21)(H,22,23)(H,24,25)/p-2. The Morgan fingerprint density at radius 2 is 1.17 bits per heavy atom. The van der Waals surface area contributed by atoms with E-state index in [1.807, 2.05) is 0 Å². The van der Waals surface area contributed by atoms with Gasteiger partial charge >= 0.3 is 15.6 Å². The number of phosphoric acid groups is 2. The third-order valence-electron chi connectivity index (χ3n) is 4.61. The Balaban J connectivity index is 1.89. The lowest BCUT2D eigenvalue weighted by atomic mass is 9.93. The van der Waals surface area contributed by atoms with Gasteiger partial charge in [-0.25, -0.2) is 17.8 Å². The van der Waals surface area contributed by atoms with Crippen LogP contribution in [0.4, 0.5) is 0 Å². The highest BCUT2D eigenvalue weighted by Gasteiger charge is 2.43. The number of hydrogen-bond donors (Lipinski definition) is 6. The van der Waals surface area contributed by atoms with E-state index in [1.165, 1.54) is 6.92 Å². The van der Waals surface area contributed by atoms with Gasteiger partial charge in [-0.1, -0.05) is 0 Å². The summed E-state index contributed by atoms with van der Waals surface area (Å²) in [6, 6.07) is -1.37. The molecule has 0 amide bonds. The summed E-state index contributed by atoms with van der Waals surface area (Å²) in [5, 5.41) is 38.3. The molecule has 0 aromatic carbocycles. The van der Waals surface area contributed by atoms with Crippen molar-refractivity contribution in [3.8, 4) is 0 Å². The van der Waals surface area contributed by atoms with Crippen LogP contribution in [0.3, 0.4) is 0 Å². The second-order valence-corrected chi connectivity index (χ2v) is 14.8. The number of aliphatic hydroxyl groups excluding tert-OH is 4. The molecule has 2 heterocycles. The van der Waals surface area contributed by atoms with Gasteiger partial charge in [0.1, 0.15) is 38.4 Å². The zero-order chi connectivity index (χ0) is 27.0. The van der Waals surface area contributed by atoms with E-state index in [1.54, 1.807) is 0 Å². The zero-order valence-corrected chi connectivity index (χ0v) is 21.3. The maximum atomic E-state index is 11.9. The third kappa shape index (κ3) is 9.29. The van der Waals surface area contributed by atoms with Crippen LogP contribution in [0.2, 0.25) is 0 Å². The molecule has 2 saturated heterocycles. The van der Waals surface area contributed by atoms with Crippen molar-refractivity contribution in [3.63, 3.8) is 0 Å². The lowest BCUT2D eigenvalue weighted by Gasteiger charge is -2.32. The first-order chi connectivity index (χ1) is 15.7.